The highest BCUT2D eigenvalue weighted by atomic mass is 28.3. The van der Waals surface area contributed by atoms with Crippen LogP contribution in [0.5, 0.6) is 0 Å². The number of carbonyl (C=O) groups is 1. The number of hydrogen-bond acceptors (Lipinski definition) is 2. The second-order valence-corrected chi connectivity index (χ2v) is 9.21. The monoisotopic (exact) mass is 208 g/mol. The van der Waals surface area contributed by atoms with E-state index in [1.54, 1.807) is 6.08 Å². The molecule has 76 valence electrons. The molecule has 1 aliphatic heterocycles. The quantitative estimate of drug-likeness (QED) is 0.347. The van der Waals surface area contributed by atoms with Gasteiger partial charge in [-0.2, -0.15) is 0 Å². The molecule has 1 heterocycles. The Hall–Kier alpha value is -1.01. The predicted octanol–water partition coefficient (Wildman–Crippen LogP) is 2.48. The van der Waals surface area contributed by atoms with Crippen molar-refractivity contribution in [1.29, 1.82) is 0 Å². The number of rotatable bonds is 0. The number of esters is 1. The van der Waals surface area contributed by atoms with Crippen molar-refractivity contribution in [2.75, 3.05) is 0 Å². The summed E-state index contributed by atoms with van der Waals surface area (Å²) in [4.78, 5) is 10.9. The highest BCUT2D eigenvalue weighted by Crippen LogP contribution is 2.16. The van der Waals surface area contributed by atoms with E-state index < -0.39 is 8.07 Å². The van der Waals surface area contributed by atoms with Gasteiger partial charge in [0, 0.05) is 18.9 Å². The molecular weight excluding hydrogens is 192 g/mol. The van der Waals surface area contributed by atoms with Gasteiger partial charge in [0.15, 0.2) is 0 Å². The van der Waals surface area contributed by atoms with E-state index in [2.05, 4.69) is 31.1 Å². The van der Waals surface area contributed by atoms with Gasteiger partial charge in [0.1, 0.15) is 13.8 Å². The van der Waals surface area contributed by atoms with Crippen molar-refractivity contribution >= 4 is 14.0 Å². The van der Waals surface area contributed by atoms with E-state index in [0.717, 1.165) is 18.6 Å². The summed E-state index contributed by atoms with van der Waals surface area (Å²) in [6.07, 6.45) is 4.01. The molecule has 14 heavy (non-hydrogen) atoms. The van der Waals surface area contributed by atoms with Crippen molar-refractivity contribution in [1.82, 2.24) is 0 Å². The molecule has 0 unspecified atom stereocenters. The zero-order valence-corrected chi connectivity index (χ0v) is 10.0. The second-order valence-electron chi connectivity index (χ2n) is 4.46. The van der Waals surface area contributed by atoms with Gasteiger partial charge in [0.25, 0.3) is 0 Å². The van der Waals surface area contributed by atoms with Crippen molar-refractivity contribution in [2.45, 2.75) is 38.9 Å². The molecule has 0 atom stereocenters. The molecule has 2 nitrogen and oxygen atoms in total. The zero-order valence-electron chi connectivity index (χ0n) is 9.02. The SMILES string of the molecule is C[Si](C)(C)C#C/C=C1\CCCC(=O)O1. The molecule has 1 rings (SSSR count). The first-order chi connectivity index (χ1) is 6.47. The van der Waals surface area contributed by atoms with Crippen LogP contribution < -0.4 is 0 Å². The van der Waals surface area contributed by atoms with Gasteiger partial charge in [-0.1, -0.05) is 25.6 Å². The Bertz CT molecular complexity index is 312. The van der Waals surface area contributed by atoms with Crippen LogP contribution in [0.3, 0.4) is 0 Å². The van der Waals surface area contributed by atoms with Crippen LogP contribution in [0, 0.1) is 11.5 Å². The van der Waals surface area contributed by atoms with Crippen LogP contribution in [0.15, 0.2) is 11.8 Å². The van der Waals surface area contributed by atoms with Crippen LogP contribution in [0.1, 0.15) is 19.3 Å². The maximum atomic E-state index is 10.9. The molecule has 0 aromatic rings. The first-order valence-corrected chi connectivity index (χ1v) is 8.40. The van der Waals surface area contributed by atoms with Gasteiger partial charge in [-0.25, -0.2) is 0 Å². The van der Waals surface area contributed by atoms with E-state index in [9.17, 15) is 4.79 Å². The van der Waals surface area contributed by atoms with Crippen molar-refractivity contribution in [2.24, 2.45) is 0 Å². The van der Waals surface area contributed by atoms with Gasteiger partial charge in [0.05, 0.1) is 0 Å². The molecule has 0 saturated carbocycles. The lowest BCUT2D eigenvalue weighted by Crippen LogP contribution is -2.16. The summed E-state index contributed by atoms with van der Waals surface area (Å²) in [6.45, 7) is 6.56. The molecule has 0 aromatic heterocycles. The molecule has 1 aliphatic rings. The molecule has 0 N–H and O–H groups in total. The fraction of sp³-hybridized carbons (Fsp3) is 0.545. The summed E-state index contributed by atoms with van der Waals surface area (Å²) >= 11 is 0. The molecule has 0 radical (unpaired) electrons. The smallest absolute Gasteiger partial charge is 0.310 e. The van der Waals surface area contributed by atoms with E-state index >= 15 is 0 Å². The lowest BCUT2D eigenvalue weighted by atomic mass is 10.1. The minimum atomic E-state index is -1.30. The number of cyclic esters (lactones) is 1. The summed E-state index contributed by atoms with van der Waals surface area (Å²) in [5, 5.41) is 0. The Morgan fingerprint density at radius 3 is 2.64 bits per heavy atom. The van der Waals surface area contributed by atoms with Crippen LogP contribution in [0.4, 0.5) is 0 Å². The molecule has 0 bridgehead atoms. The Labute approximate surface area is 86.3 Å². The van der Waals surface area contributed by atoms with Crippen LogP contribution in [-0.4, -0.2) is 14.0 Å². The molecule has 1 saturated heterocycles. The molecule has 3 heteroatoms. The standard InChI is InChI=1S/C11H16O2Si/c1-14(2,3)9-5-7-10-6-4-8-11(12)13-10/h7H,4,6,8H2,1-3H3/b10-7+. The average molecular weight is 208 g/mol. The third-order valence-corrected chi connectivity index (χ3v) is 2.62. The number of carbonyl (C=O) groups excluding carboxylic acids is 1. The summed E-state index contributed by atoms with van der Waals surface area (Å²) < 4.78 is 5.04. The first-order valence-electron chi connectivity index (χ1n) is 4.90. The first kappa shape index (κ1) is 11.1. The molecule has 0 aromatic carbocycles. The Kier molecular flexibility index (Phi) is 3.53. The maximum Gasteiger partial charge on any atom is 0.310 e. The normalized spacial score (nSPS) is 19.9. The minimum absolute atomic E-state index is 0.127. The number of ether oxygens (including phenoxy) is 1. The average Bonchev–Trinajstić information content (AvgIpc) is 2.01. The number of allylic oxidation sites excluding steroid dienone is 2. The summed E-state index contributed by atoms with van der Waals surface area (Å²) in [5.74, 6) is 3.59. The Morgan fingerprint density at radius 1 is 1.36 bits per heavy atom. The third kappa shape index (κ3) is 4.29. The van der Waals surface area contributed by atoms with Crippen molar-refractivity contribution in [3.63, 3.8) is 0 Å². The van der Waals surface area contributed by atoms with Gasteiger partial charge in [-0.05, 0) is 6.42 Å². The van der Waals surface area contributed by atoms with Gasteiger partial charge in [0.2, 0.25) is 0 Å². The molecule has 0 spiro atoms. The molecular formula is C11H16O2Si. The van der Waals surface area contributed by atoms with Crippen LogP contribution in [-0.2, 0) is 9.53 Å². The minimum Gasteiger partial charge on any atom is -0.430 e. The zero-order chi connectivity index (χ0) is 10.6. The van der Waals surface area contributed by atoms with Gasteiger partial charge in [-0.3, -0.25) is 4.79 Å². The lowest BCUT2D eigenvalue weighted by molar-refractivity contribution is -0.141. The van der Waals surface area contributed by atoms with Crippen LogP contribution >= 0.6 is 0 Å². The Morgan fingerprint density at radius 2 is 2.07 bits per heavy atom. The van der Waals surface area contributed by atoms with Crippen molar-refractivity contribution in [3.05, 3.63) is 11.8 Å². The summed E-state index contributed by atoms with van der Waals surface area (Å²) in [5.41, 5.74) is 3.21. The topological polar surface area (TPSA) is 26.3 Å². The maximum absolute atomic E-state index is 10.9. The highest BCUT2D eigenvalue weighted by Gasteiger charge is 2.13. The predicted molar refractivity (Wildman–Crippen MR) is 59.1 cm³/mol. The van der Waals surface area contributed by atoms with Gasteiger partial charge < -0.3 is 4.74 Å². The van der Waals surface area contributed by atoms with E-state index in [1.807, 2.05) is 0 Å². The fourth-order valence-corrected chi connectivity index (χ4v) is 1.60. The lowest BCUT2D eigenvalue weighted by Gasteiger charge is -2.12. The number of hydrogen-bond donors (Lipinski definition) is 0. The highest BCUT2D eigenvalue weighted by molar-refractivity contribution is 6.83. The fourth-order valence-electron chi connectivity index (χ4n) is 1.09. The largest absolute Gasteiger partial charge is 0.430 e. The Balaban J connectivity index is 2.59. The van der Waals surface area contributed by atoms with Crippen molar-refractivity contribution in [3.8, 4) is 11.5 Å². The summed E-state index contributed by atoms with van der Waals surface area (Å²) in [7, 11) is -1.30. The van der Waals surface area contributed by atoms with E-state index in [0.29, 0.717) is 6.42 Å². The van der Waals surface area contributed by atoms with E-state index in [-0.39, 0.29) is 5.97 Å². The summed E-state index contributed by atoms with van der Waals surface area (Å²) in [6, 6.07) is 0. The van der Waals surface area contributed by atoms with Gasteiger partial charge in [-0.15, -0.1) is 5.54 Å². The van der Waals surface area contributed by atoms with E-state index in [4.69, 9.17) is 4.74 Å². The van der Waals surface area contributed by atoms with Crippen molar-refractivity contribution < 1.29 is 9.53 Å². The third-order valence-electron chi connectivity index (χ3n) is 1.73. The molecule has 1 fully saturated rings. The second kappa shape index (κ2) is 4.47. The molecule has 0 aliphatic carbocycles. The van der Waals surface area contributed by atoms with Gasteiger partial charge >= 0.3 is 5.97 Å². The van der Waals surface area contributed by atoms with E-state index in [1.165, 1.54) is 0 Å². The van der Waals surface area contributed by atoms with Crippen LogP contribution in [0.25, 0.3) is 0 Å². The molecule has 0 amide bonds. The van der Waals surface area contributed by atoms with Crippen LogP contribution in [0.2, 0.25) is 19.6 Å².